The van der Waals surface area contributed by atoms with Gasteiger partial charge < -0.3 is 15.6 Å². The Morgan fingerprint density at radius 1 is 1.45 bits per heavy atom. The van der Waals surface area contributed by atoms with Gasteiger partial charge in [-0.2, -0.15) is 0 Å². The van der Waals surface area contributed by atoms with Crippen LogP contribution in [-0.4, -0.2) is 23.7 Å². The molecule has 0 aliphatic heterocycles. The summed E-state index contributed by atoms with van der Waals surface area (Å²) in [5, 5.41) is 11.4. The maximum atomic E-state index is 11.4. The molecule has 20 heavy (non-hydrogen) atoms. The largest absolute Gasteiger partial charge is 0.488 e. The summed E-state index contributed by atoms with van der Waals surface area (Å²) in [7, 11) is 0. The average molecular weight is 294 g/mol. The number of benzene rings is 2. The third kappa shape index (κ3) is 2.86. The van der Waals surface area contributed by atoms with Crippen molar-refractivity contribution in [1.29, 1.82) is 0 Å². The van der Waals surface area contributed by atoms with E-state index in [1.54, 1.807) is 18.2 Å². The van der Waals surface area contributed by atoms with Crippen LogP contribution < -0.4 is 10.5 Å². The second-order valence-electron chi connectivity index (χ2n) is 4.50. The van der Waals surface area contributed by atoms with E-state index in [1.807, 2.05) is 19.1 Å². The Kier molecular flexibility index (Phi) is 4.47. The number of ether oxygens (including phenoxy) is 1. The van der Waals surface area contributed by atoms with Gasteiger partial charge in [-0.3, -0.25) is 0 Å². The van der Waals surface area contributed by atoms with Crippen LogP contribution in [0.4, 0.5) is 0 Å². The minimum Gasteiger partial charge on any atom is -0.488 e. The number of carboxylic acid groups (broad SMARTS) is 1. The van der Waals surface area contributed by atoms with E-state index in [9.17, 15) is 9.90 Å². The number of nitrogens with two attached hydrogens (primary N) is 1. The Morgan fingerprint density at radius 3 is 2.80 bits per heavy atom. The van der Waals surface area contributed by atoms with E-state index >= 15 is 0 Å². The summed E-state index contributed by atoms with van der Waals surface area (Å²) in [6, 6.07) is 8.64. The third-order valence-corrected chi connectivity index (χ3v) is 3.50. The lowest BCUT2D eigenvalue weighted by Gasteiger charge is -2.18. The van der Waals surface area contributed by atoms with Gasteiger partial charge in [0.15, 0.2) is 0 Å². The summed E-state index contributed by atoms with van der Waals surface area (Å²) in [4.78, 5) is 11.4. The Balaban J connectivity index is 2.57. The molecule has 0 heterocycles. The predicted molar refractivity (Wildman–Crippen MR) is 79.7 cm³/mol. The molecule has 0 spiro atoms. The Hall–Kier alpha value is -1.78. The number of fused-ring (bicyclic) bond motifs is 1. The Bertz CT molecular complexity index is 638. The summed E-state index contributed by atoms with van der Waals surface area (Å²) < 4.78 is 5.70. The zero-order valence-corrected chi connectivity index (χ0v) is 11.9. The first kappa shape index (κ1) is 14.6. The SMILES string of the molecule is CC[C@H](CN)Oc1cc2cccc(Cl)c2cc1C(=O)O. The molecule has 0 aromatic heterocycles. The fourth-order valence-corrected chi connectivity index (χ4v) is 2.25. The number of carbonyl (C=O) groups is 1. The van der Waals surface area contributed by atoms with Gasteiger partial charge in [-0.15, -0.1) is 0 Å². The molecule has 0 saturated carbocycles. The summed E-state index contributed by atoms with van der Waals surface area (Å²) in [6.45, 7) is 2.28. The summed E-state index contributed by atoms with van der Waals surface area (Å²) in [5.41, 5.74) is 5.70. The Labute approximate surface area is 122 Å². The van der Waals surface area contributed by atoms with Gasteiger partial charge in [0.25, 0.3) is 0 Å². The topological polar surface area (TPSA) is 72.5 Å². The van der Waals surface area contributed by atoms with Crippen molar-refractivity contribution < 1.29 is 14.6 Å². The zero-order valence-electron chi connectivity index (χ0n) is 11.1. The van der Waals surface area contributed by atoms with Gasteiger partial charge in [0, 0.05) is 17.0 Å². The molecule has 3 N–H and O–H groups in total. The van der Waals surface area contributed by atoms with Crippen LogP contribution in [0.5, 0.6) is 5.75 Å². The van der Waals surface area contributed by atoms with Crippen molar-refractivity contribution in [1.82, 2.24) is 0 Å². The lowest BCUT2D eigenvalue weighted by molar-refractivity contribution is 0.0689. The molecule has 106 valence electrons. The van der Waals surface area contributed by atoms with Gasteiger partial charge in [0.1, 0.15) is 17.4 Å². The Morgan fingerprint density at radius 2 is 2.20 bits per heavy atom. The summed E-state index contributed by atoms with van der Waals surface area (Å²) in [5.74, 6) is -0.724. The fraction of sp³-hybridized carbons (Fsp3) is 0.267. The van der Waals surface area contributed by atoms with Crippen LogP contribution in [0.1, 0.15) is 23.7 Å². The number of halogens is 1. The maximum absolute atomic E-state index is 11.4. The van der Waals surface area contributed by atoms with Crippen molar-refractivity contribution in [2.45, 2.75) is 19.4 Å². The minimum absolute atomic E-state index is 0.0949. The number of aromatic carboxylic acids is 1. The van der Waals surface area contributed by atoms with E-state index in [2.05, 4.69) is 0 Å². The molecule has 0 fully saturated rings. The zero-order chi connectivity index (χ0) is 14.7. The molecule has 0 saturated heterocycles. The lowest BCUT2D eigenvalue weighted by atomic mass is 10.1. The molecule has 0 aliphatic rings. The van der Waals surface area contributed by atoms with E-state index in [4.69, 9.17) is 22.1 Å². The van der Waals surface area contributed by atoms with E-state index < -0.39 is 5.97 Å². The molecule has 0 radical (unpaired) electrons. The van der Waals surface area contributed by atoms with Crippen LogP contribution in [0.15, 0.2) is 30.3 Å². The van der Waals surface area contributed by atoms with Crippen molar-refractivity contribution in [3.05, 3.63) is 40.9 Å². The van der Waals surface area contributed by atoms with Crippen LogP contribution >= 0.6 is 11.6 Å². The summed E-state index contributed by atoms with van der Waals surface area (Å²) in [6.07, 6.45) is 0.508. The first-order valence-electron chi connectivity index (χ1n) is 6.39. The lowest BCUT2D eigenvalue weighted by Crippen LogP contribution is -2.26. The molecule has 2 aromatic rings. The van der Waals surface area contributed by atoms with Gasteiger partial charge in [-0.25, -0.2) is 4.79 Å². The number of hydrogen-bond donors (Lipinski definition) is 2. The molecule has 0 bridgehead atoms. The maximum Gasteiger partial charge on any atom is 0.339 e. The highest BCUT2D eigenvalue weighted by Crippen LogP contribution is 2.31. The second-order valence-corrected chi connectivity index (χ2v) is 4.91. The van der Waals surface area contributed by atoms with Crippen LogP contribution in [0.25, 0.3) is 10.8 Å². The molecule has 0 amide bonds. The number of hydrogen-bond acceptors (Lipinski definition) is 3. The molecule has 0 aliphatic carbocycles. The van der Waals surface area contributed by atoms with Crippen LogP contribution in [0.3, 0.4) is 0 Å². The summed E-state index contributed by atoms with van der Waals surface area (Å²) >= 11 is 6.09. The van der Waals surface area contributed by atoms with E-state index in [-0.39, 0.29) is 11.7 Å². The highest BCUT2D eigenvalue weighted by atomic mass is 35.5. The van der Waals surface area contributed by atoms with E-state index in [1.165, 1.54) is 0 Å². The van der Waals surface area contributed by atoms with Gasteiger partial charge in [0.05, 0.1) is 0 Å². The van der Waals surface area contributed by atoms with Crippen molar-refractivity contribution >= 4 is 28.3 Å². The van der Waals surface area contributed by atoms with Crippen LogP contribution in [-0.2, 0) is 0 Å². The predicted octanol–water partition coefficient (Wildman–Crippen LogP) is 3.31. The normalized spacial score (nSPS) is 12.3. The van der Waals surface area contributed by atoms with E-state index in [0.717, 1.165) is 5.39 Å². The number of carboxylic acids is 1. The highest BCUT2D eigenvalue weighted by Gasteiger charge is 2.16. The van der Waals surface area contributed by atoms with Crippen LogP contribution in [0.2, 0.25) is 5.02 Å². The standard InChI is InChI=1S/C15H16ClNO3/c1-2-10(8-17)20-14-6-9-4-3-5-13(16)11(9)7-12(14)15(18)19/h3-7,10H,2,8,17H2,1H3,(H,18,19)/t10-/m1/s1. The molecule has 1 atom stereocenters. The van der Waals surface area contributed by atoms with Gasteiger partial charge in [0.2, 0.25) is 0 Å². The first-order chi connectivity index (χ1) is 9.56. The van der Waals surface area contributed by atoms with Crippen molar-refractivity contribution in [3.8, 4) is 5.75 Å². The second kappa shape index (κ2) is 6.11. The van der Waals surface area contributed by atoms with Crippen molar-refractivity contribution in [2.24, 2.45) is 5.73 Å². The molecule has 5 heteroatoms. The average Bonchev–Trinajstić information content (AvgIpc) is 2.44. The molecular weight excluding hydrogens is 278 g/mol. The van der Waals surface area contributed by atoms with Gasteiger partial charge in [-0.1, -0.05) is 30.7 Å². The fourth-order valence-electron chi connectivity index (χ4n) is 2.01. The van der Waals surface area contributed by atoms with E-state index in [0.29, 0.717) is 29.1 Å². The smallest absolute Gasteiger partial charge is 0.339 e. The van der Waals surface area contributed by atoms with Gasteiger partial charge in [-0.05, 0) is 30.0 Å². The minimum atomic E-state index is -1.05. The molecular formula is C15H16ClNO3. The van der Waals surface area contributed by atoms with Crippen molar-refractivity contribution in [3.63, 3.8) is 0 Å². The molecule has 0 unspecified atom stereocenters. The highest BCUT2D eigenvalue weighted by molar-refractivity contribution is 6.35. The first-order valence-corrected chi connectivity index (χ1v) is 6.77. The van der Waals surface area contributed by atoms with Crippen molar-refractivity contribution in [2.75, 3.05) is 6.54 Å². The molecule has 2 rings (SSSR count). The monoisotopic (exact) mass is 293 g/mol. The number of rotatable bonds is 5. The molecule has 4 nitrogen and oxygen atoms in total. The van der Waals surface area contributed by atoms with Crippen LogP contribution in [0, 0.1) is 0 Å². The van der Waals surface area contributed by atoms with Gasteiger partial charge >= 0.3 is 5.97 Å². The third-order valence-electron chi connectivity index (χ3n) is 3.17. The molecule has 2 aromatic carbocycles. The quantitative estimate of drug-likeness (QED) is 0.887.